The van der Waals surface area contributed by atoms with Gasteiger partial charge in [0.25, 0.3) is 5.91 Å². The Labute approximate surface area is 144 Å². The van der Waals surface area contributed by atoms with Crippen molar-refractivity contribution < 1.29 is 4.79 Å². The van der Waals surface area contributed by atoms with E-state index in [1.54, 1.807) is 25.4 Å². The van der Waals surface area contributed by atoms with Gasteiger partial charge in [-0.3, -0.25) is 9.78 Å². The molecule has 2 N–H and O–H groups in total. The fraction of sp³-hybridized carbons (Fsp3) is 0.143. The van der Waals surface area contributed by atoms with Crippen LogP contribution in [0.4, 0.5) is 5.69 Å². The molecule has 0 aliphatic heterocycles. The Hall–Kier alpha value is -1.11. The number of anilines is 1. The normalized spacial score (nSPS) is 10.3. The van der Waals surface area contributed by atoms with Gasteiger partial charge in [0.2, 0.25) is 0 Å². The molecule has 0 atom stereocenters. The van der Waals surface area contributed by atoms with E-state index in [4.69, 9.17) is 11.6 Å². The number of halogens is 3. The summed E-state index contributed by atoms with van der Waals surface area (Å²) in [6.45, 7) is 0.530. The minimum absolute atomic E-state index is 0.216. The number of hydrogen-bond donors (Lipinski definition) is 2. The van der Waals surface area contributed by atoms with Gasteiger partial charge < -0.3 is 10.6 Å². The van der Waals surface area contributed by atoms with Crippen molar-refractivity contribution in [1.29, 1.82) is 0 Å². The molecule has 0 spiro atoms. The summed E-state index contributed by atoms with van der Waals surface area (Å²) in [6, 6.07) is 7.16. The molecular formula is C14H12Br2ClN3O. The van der Waals surface area contributed by atoms with Crippen LogP contribution in [0, 0.1) is 0 Å². The van der Waals surface area contributed by atoms with Crippen molar-refractivity contribution in [3.05, 3.63) is 55.7 Å². The van der Waals surface area contributed by atoms with E-state index in [1.807, 2.05) is 12.1 Å². The van der Waals surface area contributed by atoms with E-state index in [1.165, 1.54) is 0 Å². The van der Waals surface area contributed by atoms with Crippen LogP contribution >= 0.6 is 43.5 Å². The molecule has 21 heavy (non-hydrogen) atoms. The van der Waals surface area contributed by atoms with E-state index in [9.17, 15) is 4.79 Å². The Bertz CT molecular complexity index is 679. The fourth-order valence-corrected chi connectivity index (χ4v) is 3.03. The first-order valence-electron chi connectivity index (χ1n) is 6.06. The van der Waals surface area contributed by atoms with Gasteiger partial charge in [0.05, 0.1) is 22.8 Å². The number of benzene rings is 1. The van der Waals surface area contributed by atoms with Gasteiger partial charge in [0.1, 0.15) is 0 Å². The number of carbonyl (C=O) groups is 1. The highest BCUT2D eigenvalue weighted by Gasteiger charge is 2.10. The Kier molecular flexibility index (Phi) is 5.61. The SMILES string of the molecule is CNC(=O)c1cc(NCc2ncc(Br)cc2Br)ccc1Cl. The first-order chi connectivity index (χ1) is 10.0. The van der Waals surface area contributed by atoms with Gasteiger partial charge in [-0.05, 0) is 56.1 Å². The third-order valence-electron chi connectivity index (χ3n) is 2.78. The molecule has 0 radical (unpaired) electrons. The number of nitrogens with one attached hydrogen (secondary N) is 2. The van der Waals surface area contributed by atoms with Crippen LogP contribution in [0.1, 0.15) is 16.1 Å². The maximum atomic E-state index is 11.7. The second kappa shape index (κ2) is 7.24. The Morgan fingerprint density at radius 1 is 1.33 bits per heavy atom. The summed E-state index contributed by atoms with van der Waals surface area (Å²) in [5, 5.41) is 6.20. The van der Waals surface area contributed by atoms with Crippen LogP contribution in [-0.2, 0) is 6.54 Å². The average Bonchev–Trinajstić information content (AvgIpc) is 2.47. The molecule has 2 rings (SSSR count). The number of hydrogen-bond acceptors (Lipinski definition) is 3. The first kappa shape index (κ1) is 16.3. The third kappa shape index (κ3) is 4.18. The van der Waals surface area contributed by atoms with Crippen LogP contribution < -0.4 is 10.6 Å². The summed E-state index contributed by atoms with van der Waals surface area (Å²) in [7, 11) is 1.57. The lowest BCUT2D eigenvalue weighted by Gasteiger charge is -2.10. The van der Waals surface area contributed by atoms with E-state index in [0.29, 0.717) is 17.1 Å². The second-order valence-electron chi connectivity index (χ2n) is 4.21. The van der Waals surface area contributed by atoms with Crippen LogP contribution in [0.2, 0.25) is 5.02 Å². The monoisotopic (exact) mass is 431 g/mol. The summed E-state index contributed by atoms with van der Waals surface area (Å²) >= 11 is 12.8. The van der Waals surface area contributed by atoms with Gasteiger partial charge in [-0.15, -0.1) is 0 Å². The number of nitrogens with zero attached hydrogens (tertiary/aromatic N) is 1. The molecule has 1 aromatic heterocycles. The van der Waals surface area contributed by atoms with Crippen molar-refractivity contribution in [2.75, 3.05) is 12.4 Å². The van der Waals surface area contributed by atoms with E-state index >= 15 is 0 Å². The highest BCUT2D eigenvalue weighted by Crippen LogP contribution is 2.23. The molecule has 0 saturated carbocycles. The molecule has 1 amide bonds. The molecular weight excluding hydrogens is 421 g/mol. The molecule has 0 aliphatic carbocycles. The highest BCUT2D eigenvalue weighted by molar-refractivity contribution is 9.11. The molecule has 110 valence electrons. The smallest absolute Gasteiger partial charge is 0.252 e. The minimum atomic E-state index is -0.216. The summed E-state index contributed by atoms with van der Waals surface area (Å²) in [6.07, 6.45) is 1.74. The molecule has 1 aromatic carbocycles. The van der Waals surface area contributed by atoms with Crippen LogP contribution in [0.5, 0.6) is 0 Å². The predicted octanol–water partition coefficient (Wildman–Crippen LogP) is 4.23. The Morgan fingerprint density at radius 2 is 2.10 bits per heavy atom. The van der Waals surface area contributed by atoms with E-state index in [0.717, 1.165) is 20.3 Å². The van der Waals surface area contributed by atoms with E-state index < -0.39 is 0 Å². The van der Waals surface area contributed by atoms with Crippen molar-refractivity contribution in [2.45, 2.75) is 6.54 Å². The molecule has 1 heterocycles. The first-order valence-corrected chi connectivity index (χ1v) is 8.03. The van der Waals surface area contributed by atoms with Gasteiger partial charge in [0, 0.05) is 27.9 Å². The number of amides is 1. The fourth-order valence-electron chi connectivity index (χ4n) is 1.70. The van der Waals surface area contributed by atoms with Crippen LogP contribution in [0.3, 0.4) is 0 Å². The zero-order valence-electron chi connectivity index (χ0n) is 11.1. The molecule has 7 heteroatoms. The van der Waals surface area contributed by atoms with Crippen molar-refractivity contribution in [1.82, 2.24) is 10.3 Å². The maximum absolute atomic E-state index is 11.7. The zero-order valence-corrected chi connectivity index (χ0v) is 15.0. The van der Waals surface area contributed by atoms with Crippen molar-refractivity contribution in [2.24, 2.45) is 0 Å². The standard InChI is InChI=1S/C14H12Br2ClN3O/c1-18-14(21)10-5-9(2-3-12(10)17)19-7-13-11(16)4-8(15)6-20-13/h2-6,19H,7H2,1H3,(H,18,21). The number of pyridine rings is 1. The zero-order chi connectivity index (χ0) is 15.4. The molecule has 0 aliphatic rings. The predicted molar refractivity (Wildman–Crippen MR) is 91.8 cm³/mol. The largest absolute Gasteiger partial charge is 0.379 e. The lowest BCUT2D eigenvalue weighted by molar-refractivity contribution is 0.0963. The number of aromatic nitrogens is 1. The lowest BCUT2D eigenvalue weighted by atomic mass is 10.2. The Balaban J connectivity index is 2.15. The van der Waals surface area contributed by atoms with Crippen molar-refractivity contribution in [3.63, 3.8) is 0 Å². The minimum Gasteiger partial charge on any atom is -0.379 e. The van der Waals surface area contributed by atoms with Crippen LogP contribution in [-0.4, -0.2) is 17.9 Å². The van der Waals surface area contributed by atoms with Gasteiger partial charge in [-0.1, -0.05) is 11.6 Å². The highest BCUT2D eigenvalue weighted by atomic mass is 79.9. The van der Waals surface area contributed by atoms with Crippen LogP contribution in [0.15, 0.2) is 39.4 Å². The number of rotatable bonds is 4. The molecule has 0 unspecified atom stereocenters. The van der Waals surface area contributed by atoms with Gasteiger partial charge in [-0.2, -0.15) is 0 Å². The van der Waals surface area contributed by atoms with E-state index in [-0.39, 0.29) is 5.91 Å². The molecule has 0 fully saturated rings. The second-order valence-corrected chi connectivity index (χ2v) is 6.39. The summed E-state index contributed by atoms with van der Waals surface area (Å²) in [4.78, 5) is 16.0. The lowest BCUT2D eigenvalue weighted by Crippen LogP contribution is -2.18. The molecule has 2 aromatic rings. The maximum Gasteiger partial charge on any atom is 0.252 e. The quantitative estimate of drug-likeness (QED) is 0.759. The van der Waals surface area contributed by atoms with Crippen molar-refractivity contribution in [3.8, 4) is 0 Å². The van der Waals surface area contributed by atoms with Gasteiger partial charge in [-0.25, -0.2) is 0 Å². The van der Waals surface area contributed by atoms with E-state index in [2.05, 4.69) is 47.5 Å². The summed E-state index contributed by atoms with van der Waals surface area (Å²) < 4.78 is 1.82. The van der Waals surface area contributed by atoms with Gasteiger partial charge in [0.15, 0.2) is 0 Å². The average molecular weight is 434 g/mol. The molecule has 0 bridgehead atoms. The van der Waals surface area contributed by atoms with Crippen LogP contribution in [0.25, 0.3) is 0 Å². The Morgan fingerprint density at radius 3 is 2.76 bits per heavy atom. The summed E-state index contributed by atoms with van der Waals surface area (Å²) in [5.74, 6) is -0.216. The number of carbonyl (C=O) groups excluding carboxylic acids is 1. The van der Waals surface area contributed by atoms with Crippen molar-refractivity contribution >= 4 is 55.1 Å². The van der Waals surface area contributed by atoms with Gasteiger partial charge >= 0.3 is 0 Å². The molecule has 4 nitrogen and oxygen atoms in total. The third-order valence-corrected chi connectivity index (χ3v) is 4.23. The summed E-state index contributed by atoms with van der Waals surface area (Å²) in [5.41, 5.74) is 2.11. The molecule has 0 saturated heterocycles. The topological polar surface area (TPSA) is 54.0 Å².